The Balaban J connectivity index is 2.03. The van der Waals surface area contributed by atoms with E-state index in [0.717, 1.165) is 16.1 Å². The molecule has 0 aliphatic heterocycles. The minimum absolute atomic E-state index is 0.318. The third-order valence-electron chi connectivity index (χ3n) is 2.24. The van der Waals surface area contributed by atoms with Crippen molar-refractivity contribution in [3.05, 3.63) is 54.1 Å². The molecule has 0 bridgehead atoms. The molecular weight excluding hydrogens is 218 g/mol. The summed E-state index contributed by atoms with van der Waals surface area (Å²) in [7, 11) is 0. The van der Waals surface area contributed by atoms with E-state index in [4.69, 9.17) is 0 Å². The molecule has 0 amide bonds. The minimum atomic E-state index is 0.318. The normalized spacial score (nSPS) is 10.1. The van der Waals surface area contributed by atoms with Crippen LogP contribution >= 0.6 is 11.9 Å². The number of hydrogen-bond donors (Lipinski definition) is 2. The highest BCUT2D eigenvalue weighted by Gasteiger charge is 1.98. The number of anilines is 1. The molecule has 2 nitrogen and oxygen atoms in total. The number of rotatable bonds is 3. The molecule has 0 heterocycles. The molecule has 0 saturated carbocycles. The molecule has 2 aromatic carbocycles. The van der Waals surface area contributed by atoms with Crippen LogP contribution in [0, 0.1) is 6.92 Å². The Morgan fingerprint density at radius 1 is 1.06 bits per heavy atom. The summed E-state index contributed by atoms with van der Waals surface area (Å²) < 4.78 is 3.19. The predicted octanol–water partition coefficient (Wildman–Crippen LogP) is 3.82. The van der Waals surface area contributed by atoms with Gasteiger partial charge in [-0.1, -0.05) is 24.3 Å². The summed E-state index contributed by atoms with van der Waals surface area (Å²) in [5.74, 6) is 0.318. The first-order chi connectivity index (χ1) is 7.75. The van der Waals surface area contributed by atoms with Gasteiger partial charge in [-0.15, -0.1) is 0 Å². The first-order valence-electron chi connectivity index (χ1n) is 5.03. The van der Waals surface area contributed by atoms with Crippen molar-refractivity contribution in [1.29, 1.82) is 0 Å². The van der Waals surface area contributed by atoms with Crippen LogP contribution < -0.4 is 4.72 Å². The van der Waals surface area contributed by atoms with Crippen LogP contribution in [-0.2, 0) is 0 Å². The van der Waals surface area contributed by atoms with Gasteiger partial charge >= 0.3 is 0 Å². The van der Waals surface area contributed by atoms with Gasteiger partial charge in [0.2, 0.25) is 0 Å². The second-order valence-electron chi connectivity index (χ2n) is 3.52. The summed E-state index contributed by atoms with van der Waals surface area (Å²) in [4.78, 5) is 1.14. The van der Waals surface area contributed by atoms with E-state index in [0.29, 0.717) is 5.75 Å². The molecule has 0 fully saturated rings. The number of hydrogen-bond acceptors (Lipinski definition) is 3. The predicted molar refractivity (Wildman–Crippen MR) is 68.8 cm³/mol. The Bertz CT molecular complexity index is 471. The van der Waals surface area contributed by atoms with E-state index in [9.17, 15) is 5.11 Å². The number of phenols is 1. The van der Waals surface area contributed by atoms with Crippen LogP contribution in [0.3, 0.4) is 0 Å². The zero-order valence-electron chi connectivity index (χ0n) is 8.97. The summed E-state index contributed by atoms with van der Waals surface area (Å²) in [5.41, 5.74) is 1.78. The summed E-state index contributed by atoms with van der Waals surface area (Å²) in [5, 5.41) is 9.55. The maximum Gasteiger partial charge on any atom is 0.120 e. The van der Waals surface area contributed by atoms with Gasteiger partial charge in [-0.2, -0.15) is 0 Å². The van der Waals surface area contributed by atoms with Crippen molar-refractivity contribution < 1.29 is 5.11 Å². The van der Waals surface area contributed by atoms with E-state index < -0.39 is 0 Å². The van der Waals surface area contributed by atoms with Gasteiger partial charge in [-0.05, 0) is 42.6 Å². The standard InChI is InChI=1S/C13H13NOS/c1-10-7-8-11(9-13(10)15)14-16-12-5-3-2-4-6-12/h2-9,14-15H,1H3. The maximum absolute atomic E-state index is 9.55. The van der Waals surface area contributed by atoms with Crippen LogP contribution in [0.5, 0.6) is 5.75 Å². The van der Waals surface area contributed by atoms with Gasteiger partial charge in [-0.3, -0.25) is 0 Å². The third kappa shape index (κ3) is 2.70. The molecule has 0 radical (unpaired) electrons. The Labute approximate surface area is 99.5 Å². The first kappa shape index (κ1) is 10.9. The molecule has 16 heavy (non-hydrogen) atoms. The first-order valence-corrected chi connectivity index (χ1v) is 5.85. The maximum atomic E-state index is 9.55. The topological polar surface area (TPSA) is 32.3 Å². The Morgan fingerprint density at radius 2 is 1.81 bits per heavy atom. The largest absolute Gasteiger partial charge is 0.508 e. The lowest BCUT2D eigenvalue weighted by Crippen LogP contribution is -1.86. The van der Waals surface area contributed by atoms with Crippen molar-refractivity contribution in [2.45, 2.75) is 11.8 Å². The number of aryl methyl sites for hydroxylation is 1. The van der Waals surface area contributed by atoms with Crippen molar-refractivity contribution in [1.82, 2.24) is 0 Å². The summed E-state index contributed by atoms with van der Waals surface area (Å²) >= 11 is 1.53. The zero-order valence-corrected chi connectivity index (χ0v) is 9.79. The van der Waals surface area contributed by atoms with E-state index in [-0.39, 0.29) is 0 Å². The fraction of sp³-hybridized carbons (Fsp3) is 0.0769. The van der Waals surface area contributed by atoms with Gasteiger partial charge in [0.1, 0.15) is 5.75 Å². The average Bonchev–Trinajstić information content (AvgIpc) is 2.32. The monoisotopic (exact) mass is 231 g/mol. The van der Waals surface area contributed by atoms with E-state index in [2.05, 4.69) is 4.72 Å². The van der Waals surface area contributed by atoms with Crippen molar-refractivity contribution in [2.24, 2.45) is 0 Å². The van der Waals surface area contributed by atoms with Crippen molar-refractivity contribution in [2.75, 3.05) is 4.72 Å². The molecule has 0 aromatic heterocycles. The lowest BCUT2D eigenvalue weighted by Gasteiger charge is -2.06. The molecule has 0 aliphatic rings. The molecule has 3 heteroatoms. The smallest absolute Gasteiger partial charge is 0.120 e. The molecule has 2 aromatic rings. The highest BCUT2D eigenvalue weighted by Crippen LogP contribution is 2.25. The van der Waals surface area contributed by atoms with Gasteiger partial charge in [0.05, 0.1) is 0 Å². The fourth-order valence-electron chi connectivity index (χ4n) is 1.28. The SMILES string of the molecule is Cc1ccc(NSc2ccccc2)cc1O. The fourth-order valence-corrected chi connectivity index (χ4v) is 1.94. The Kier molecular flexibility index (Phi) is 3.37. The number of aromatic hydroxyl groups is 1. The van der Waals surface area contributed by atoms with E-state index in [1.165, 1.54) is 11.9 Å². The van der Waals surface area contributed by atoms with Crippen LogP contribution in [0.15, 0.2) is 53.4 Å². The minimum Gasteiger partial charge on any atom is -0.508 e. The van der Waals surface area contributed by atoms with Crippen LogP contribution in [0.4, 0.5) is 5.69 Å². The van der Waals surface area contributed by atoms with Crippen LogP contribution in [0.25, 0.3) is 0 Å². The van der Waals surface area contributed by atoms with Crippen molar-refractivity contribution >= 4 is 17.6 Å². The number of phenolic OH excluding ortho intramolecular Hbond substituents is 1. The highest BCUT2D eigenvalue weighted by molar-refractivity contribution is 8.00. The molecule has 2 N–H and O–H groups in total. The van der Waals surface area contributed by atoms with Gasteiger partial charge in [0, 0.05) is 16.6 Å². The molecular formula is C13H13NOS. The van der Waals surface area contributed by atoms with Gasteiger partial charge in [0.15, 0.2) is 0 Å². The van der Waals surface area contributed by atoms with Crippen LogP contribution in [0.2, 0.25) is 0 Å². The zero-order chi connectivity index (χ0) is 11.4. The number of nitrogens with one attached hydrogen (secondary N) is 1. The molecule has 82 valence electrons. The third-order valence-corrected chi connectivity index (χ3v) is 3.08. The van der Waals surface area contributed by atoms with Gasteiger partial charge < -0.3 is 9.83 Å². The van der Waals surface area contributed by atoms with Crippen LogP contribution in [0.1, 0.15) is 5.56 Å². The van der Waals surface area contributed by atoms with Crippen molar-refractivity contribution in [3.8, 4) is 5.75 Å². The molecule has 0 aliphatic carbocycles. The van der Waals surface area contributed by atoms with Gasteiger partial charge in [0.25, 0.3) is 0 Å². The second-order valence-corrected chi connectivity index (χ2v) is 4.40. The molecule has 0 spiro atoms. The molecule has 0 unspecified atom stereocenters. The Morgan fingerprint density at radius 3 is 2.50 bits per heavy atom. The van der Waals surface area contributed by atoms with Crippen LogP contribution in [-0.4, -0.2) is 5.11 Å². The van der Waals surface area contributed by atoms with E-state index in [1.807, 2.05) is 49.4 Å². The number of benzene rings is 2. The molecule has 2 rings (SSSR count). The molecule has 0 saturated heterocycles. The lowest BCUT2D eigenvalue weighted by atomic mass is 10.2. The second kappa shape index (κ2) is 4.94. The van der Waals surface area contributed by atoms with Crippen molar-refractivity contribution in [3.63, 3.8) is 0 Å². The van der Waals surface area contributed by atoms with Gasteiger partial charge in [-0.25, -0.2) is 0 Å². The highest BCUT2D eigenvalue weighted by atomic mass is 32.2. The summed E-state index contributed by atoms with van der Waals surface area (Å²) in [6.07, 6.45) is 0. The molecule has 0 atom stereocenters. The lowest BCUT2D eigenvalue weighted by molar-refractivity contribution is 0.471. The Hall–Kier alpha value is -1.61. The van der Waals surface area contributed by atoms with E-state index >= 15 is 0 Å². The summed E-state index contributed by atoms with van der Waals surface area (Å²) in [6.45, 7) is 1.88. The summed E-state index contributed by atoms with van der Waals surface area (Å²) in [6, 6.07) is 15.6. The van der Waals surface area contributed by atoms with E-state index in [1.54, 1.807) is 6.07 Å². The average molecular weight is 231 g/mol. The quantitative estimate of drug-likeness (QED) is 0.788.